The maximum Gasteiger partial charge on any atom is 0.00697 e. The van der Waals surface area contributed by atoms with Gasteiger partial charge in [0, 0.05) is 6.04 Å². The maximum absolute atomic E-state index is 3.72. The summed E-state index contributed by atoms with van der Waals surface area (Å²) in [6.45, 7) is 12.7. The van der Waals surface area contributed by atoms with Gasteiger partial charge < -0.3 is 5.32 Å². The van der Waals surface area contributed by atoms with Crippen molar-refractivity contribution in [1.29, 1.82) is 0 Å². The zero-order valence-corrected chi connectivity index (χ0v) is 12.2. The first-order valence-electron chi connectivity index (χ1n) is 7.37. The predicted molar refractivity (Wildman–Crippen MR) is 74.8 cm³/mol. The van der Waals surface area contributed by atoms with Gasteiger partial charge in [-0.25, -0.2) is 0 Å². The van der Waals surface area contributed by atoms with Gasteiger partial charge >= 0.3 is 0 Å². The second-order valence-corrected chi connectivity index (χ2v) is 5.54. The van der Waals surface area contributed by atoms with Crippen molar-refractivity contribution in [1.82, 2.24) is 5.32 Å². The Morgan fingerprint density at radius 1 is 0.938 bits per heavy atom. The fraction of sp³-hybridized carbons (Fsp3) is 1.00. The molecule has 0 amide bonds. The summed E-state index contributed by atoms with van der Waals surface area (Å²) in [5.41, 5.74) is 0. The molecule has 1 heteroatoms. The molecular formula is C15H33N. The van der Waals surface area contributed by atoms with E-state index in [1.165, 1.54) is 45.1 Å². The van der Waals surface area contributed by atoms with Crippen LogP contribution in [0.3, 0.4) is 0 Å². The van der Waals surface area contributed by atoms with E-state index in [2.05, 4.69) is 39.9 Å². The largest absolute Gasteiger partial charge is 0.314 e. The Balaban J connectivity index is 3.97. The van der Waals surface area contributed by atoms with Crippen molar-refractivity contribution < 1.29 is 0 Å². The zero-order chi connectivity index (χ0) is 12.4. The molecule has 0 aliphatic rings. The standard InChI is InChI=1S/C15H33N/c1-6-11-16-15(10-9-13(4)5)12-14(7-2)8-3/h13-16H,6-12H2,1-5H3. The highest BCUT2D eigenvalue weighted by Crippen LogP contribution is 2.19. The molecule has 1 unspecified atom stereocenters. The van der Waals surface area contributed by atoms with Crippen molar-refractivity contribution in [2.24, 2.45) is 11.8 Å². The normalized spacial score (nSPS) is 13.7. The molecule has 0 saturated carbocycles. The van der Waals surface area contributed by atoms with Crippen LogP contribution < -0.4 is 5.32 Å². The minimum absolute atomic E-state index is 0.757. The number of rotatable bonds is 10. The highest BCUT2D eigenvalue weighted by molar-refractivity contribution is 4.71. The van der Waals surface area contributed by atoms with Crippen LogP contribution in [0.1, 0.15) is 73.1 Å². The van der Waals surface area contributed by atoms with Crippen LogP contribution in [0.4, 0.5) is 0 Å². The molecule has 0 aliphatic heterocycles. The van der Waals surface area contributed by atoms with Gasteiger partial charge in [0.2, 0.25) is 0 Å². The van der Waals surface area contributed by atoms with Crippen molar-refractivity contribution in [2.45, 2.75) is 79.2 Å². The third-order valence-corrected chi connectivity index (χ3v) is 3.55. The van der Waals surface area contributed by atoms with Gasteiger partial charge in [0.1, 0.15) is 0 Å². The van der Waals surface area contributed by atoms with E-state index in [0.29, 0.717) is 0 Å². The van der Waals surface area contributed by atoms with Crippen LogP contribution in [0.15, 0.2) is 0 Å². The van der Waals surface area contributed by atoms with Crippen molar-refractivity contribution in [3.05, 3.63) is 0 Å². The molecule has 0 radical (unpaired) electrons. The van der Waals surface area contributed by atoms with Crippen molar-refractivity contribution in [3.63, 3.8) is 0 Å². The molecule has 0 spiro atoms. The van der Waals surface area contributed by atoms with E-state index >= 15 is 0 Å². The average molecular weight is 227 g/mol. The van der Waals surface area contributed by atoms with Gasteiger partial charge in [-0.2, -0.15) is 0 Å². The molecule has 0 aliphatic carbocycles. The van der Waals surface area contributed by atoms with Gasteiger partial charge in [-0.15, -0.1) is 0 Å². The van der Waals surface area contributed by atoms with Crippen LogP contribution in [-0.2, 0) is 0 Å². The first-order chi connectivity index (χ1) is 7.63. The number of hydrogen-bond donors (Lipinski definition) is 1. The fourth-order valence-corrected chi connectivity index (χ4v) is 2.21. The van der Waals surface area contributed by atoms with Crippen LogP contribution >= 0.6 is 0 Å². The molecule has 98 valence electrons. The predicted octanol–water partition coefficient (Wildman–Crippen LogP) is 4.62. The van der Waals surface area contributed by atoms with E-state index in [1.54, 1.807) is 0 Å². The molecule has 1 atom stereocenters. The van der Waals surface area contributed by atoms with E-state index in [4.69, 9.17) is 0 Å². The SMILES string of the molecule is CCCNC(CCC(C)C)CC(CC)CC. The Bertz CT molecular complexity index is 138. The summed E-state index contributed by atoms with van der Waals surface area (Å²) in [7, 11) is 0. The monoisotopic (exact) mass is 227 g/mol. The highest BCUT2D eigenvalue weighted by Gasteiger charge is 2.13. The van der Waals surface area contributed by atoms with Crippen molar-refractivity contribution in [3.8, 4) is 0 Å². The molecule has 0 aromatic carbocycles. The van der Waals surface area contributed by atoms with Crippen molar-refractivity contribution >= 4 is 0 Å². The van der Waals surface area contributed by atoms with Crippen LogP contribution in [0.5, 0.6) is 0 Å². The van der Waals surface area contributed by atoms with Gasteiger partial charge in [0.05, 0.1) is 0 Å². The average Bonchev–Trinajstić information content (AvgIpc) is 2.28. The first kappa shape index (κ1) is 16.0. The van der Waals surface area contributed by atoms with Crippen LogP contribution in [0, 0.1) is 11.8 Å². The van der Waals surface area contributed by atoms with E-state index in [9.17, 15) is 0 Å². The lowest BCUT2D eigenvalue weighted by Gasteiger charge is -2.23. The summed E-state index contributed by atoms with van der Waals surface area (Å²) in [6.07, 6.45) is 8.02. The van der Waals surface area contributed by atoms with Gasteiger partial charge in [0.15, 0.2) is 0 Å². The number of hydrogen-bond acceptors (Lipinski definition) is 1. The Morgan fingerprint density at radius 2 is 1.56 bits per heavy atom. The highest BCUT2D eigenvalue weighted by atomic mass is 14.9. The maximum atomic E-state index is 3.72. The van der Waals surface area contributed by atoms with Gasteiger partial charge in [-0.05, 0) is 44.1 Å². The Labute approximate surface area is 103 Å². The molecule has 0 aromatic heterocycles. The molecule has 16 heavy (non-hydrogen) atoms. The summed E-state index contributed by atoms with van der Waals surface area (Å²) in [6, 6.07) is 0.757. The van der Waals surface area contributed by atoms with Crippen LogP contribution in [0.2, 0.25) is 0 Å². The quantitative estimate of drug-likeness (QED) is 0.574. The fourth-order valence-electron chi connectivity index (χ4n) is 2.21. The topological polar surface area (TPSA) is 12.0 Å². The van der Waals surface area contributed by atoms with Crippen LogP contribution in [0.25, 0.3) is 0 Å². The minimum atomic E-state index is 0.757. The summed E-state index contributed by atoms with van der Waals surface area (Å²) < 4.78 is 0. The minimum Gasteiger partial charge on any atom is -0.314 e. The summed E-state index contributed by atoms with van der Waals surface area (Å²) in [5, 5.41) is 3.72. The number of nitrogens with one attached hydrogen (secondary N) is 1. The van der Waals surface area contributed by atoms with Gasteiger partial charge in [-0.1, -0.05) is 47.5 Å². The smallest absolute Gasteiger partial charge is 0.00697 e. The second-order valence-electron chi connectivity index (χ2n) is 5.54. The molecule has 0 rings (SSSR count). The third kappa shape index (κ3) is 8.15. The Kier molecular flexibility index (Phi) is 10.1. The molecule has 0 aromatic rings. The van der Waals surface area contributed by atoms with E-state index in [-0.39, 0.29) is 0 Å². The molecular weight excluding hydrogens is 194 g/mol. The molecule has 1 nitrogen and oxygen atoms in total. The molecule has 0 fully saturated rings. The van der Waals surface area contributed by atoms with Crippen molar-refractivity contribution in [2.75, 3.05) is 6.54 Å². The molecule has 0 saturated heterocycles. The lowest BCUT2D eigenvalue weighted by molar-refractivity contribution is 0.335. The lowest BCUT2D eigenvalue weighted by Crippen LogP contribution is -2.32. The summed E-state index contributed by atoms with van der Waals surface area (Å²) >= 11 is 0. The van der Waals surface area contributed by atoms with Gasteiger partial charge in [-0.3, -0.25) is 0 Å². The summed E-state index contributed by atoms with van der Waals surface area (Å²) in [5.74, 6) is 1.76. The second kappa shape index (κ2) is 10.1. The summed E-state index contributed by atoms with van der Waals surface area (Å²) in [4.78, 5) is 0. The molecule has 0 bridgehead atoms. The molecule has 0 heterocycles. The van der Waals surface area contributed by atoms with E-state index < -0.39 is 0 Å². The van der Waals surface area contributed by atoms with Gasteiger partial charge in [0.25, 0.3) is 0 Å². The molecule has 1 N–H and O–H groups in total. The lowest BCUT2D eigenvalue weighted by atomic mass is 9.91. The third-order valence-electron chi connectivity index (χ3n) is 3.55. The Morgan fingerprint density at radius 3 is 2.00 bits per heavy atom. The Hall–Kier alpha value is -0.0400. The van der Waals surface area contributed by atoms with Crippen LogP contribution in [-0.4, -0.2) is 12.6 Å². The zero-order valence-electron chi connectivity index (χ0n) is 12.2. The van der Waals surface area contributed by atoms with E-state index in [0.717, 1.165) is 17.9 Å². The first-order valence-corrected chi connectivity index (χ1v) is 7.37. The van der Waals surface area contributed by atoms with E-state index in [1.807, 2.05) is 0 Å².